The van der Waals surface area contributed by atoms with Gasteiger partial charge in [0.2, 0.25) is 0 Å². The molecule has 0 radical (unpaired) electrons. The number of allylic oxidation sites excluding steroid dienone is 9. The number of rotatable bonds is 16. The highest BCUT2D eigenvalue weighted by atomic mass is 16.6. The summed E-state index contributed by atoms with van der Waals surface area (Å²) >= 11 is 0. The van der Waals surface area contributed by atoms with Crippen LogP contribution in [0.15, 0.2) is 78.9 Å². The van der Waals surface area contributed by atoms with Crippen LogP contribution in [-0.2, 0) is 18.9 Å². The van der Waals surface area contributed by atoms with Crippen molar-refractivity contribution in [3.05, 3.63) is 126 Å². The van der Waals surface area contributed by atoms with Gasteiger partial charge in [0.25, 0.3) is 17.1 Å². The van der Waals surface area contributed by atoms with E-state index in [4.69, 9.17) is 18.9 Å². The van der Waals surface area contributed by atoms with Crippen LogP contribution in [0.1, 0.15) is 21.5 Å². The van der Waals surface area contributed by atoms with Crippen molar-refractivity contribution in [2.75, 3.05) is 46.8 Å². The summed E-state index contributed by atoms with van der Waals surface area (Å²) in [5, 5.41) is 35.7. The largest absolute Gasteiger partial charge is 0.460 e. The number of fused-ring (bicyclic) bond motifs is 3. The number of ether oxygens (including phenoxy) is 4. The summed E-state index contributed by atoms with van der Waals surface area (Å²) in [5.74, 6) is -0.859. The van der Waals surface area contributed by atoms with Crippen molar-refractivity contribution in [1.29, 1.82) is 0 Å². The topological polar surface area (TPSA) is 183 Å². The average Bonchev–Trinajstić information content (AvgIpc) is 3.65. The van der Waals surface area contributed by atoms with Gasteiger partial charge in [0.05, 0.1) is 65.0 Å². The van der Waals surface area contributed by atoms with Gasteiger partial charge in [0.1, 0.15) is 6.61 Å². The molecular weight excluding hydrogens is 590 g/mol. The van der Waals surface area contributed by atoms with Crippen molar-refractivity contribution in [1.82, 2.24) is 0 Å². The summed E-state index contributed by atoms with van der Waals surface area (Å²) in [6.45, 7) is 1.11. The van der Waals surface area contributed by atoms with E-state index in [9.17, 15) is 35.1 Å². The number of esters is 1. The molecule has 0 atom stereocenters. The Balaban J connectivity index is 1.71. The Labute approximate surface area is 257 Å². The summed E-state index contributed by atoms with van der Waals surface area (Å²) in [7, 11) is 1.55. The molecule has 0 saturated carbocycles. The molecule has 0 aromatic heterocycles. The number of nitrogens with zero attached hydrogens (tertiary/aromatic N) is 3. The first-order chi connectivity index (χ1) is 21.7. The van der Waals surface area contributed by atoms with Gasteiger partial charge in [-0.25, -0.2) is 4.79 Å². The molecule has 0 unspecified atom stereocenters. The first-order valence-electron chi connectivity index (χ1n) is 13.7. The highest BCUT2D eigenvalue weighted by molar-refractivity contribution is 6.12. The molecule has 0 fully saturated rings. The van der Waals surface area contributed by atoms with Crippen LogP contribution in [0.2, 0.25) is 0 Å². The average molecular weight is 620 g/mol. The molecule has 45 heavy (non-hydrogen) atoms. The van der Waals surface area contributed by atoms with Gasteiger partial charge in [-0.05, 0) is 11.1 Å². The Morgan fingerprint density at radius 2 is 1.36 bits per heavy atom. The SMILES string of the molecule is COCCOCCOCCOC(=O)c1cc([N+](=O)[O-])cc2c1-c1c(cc([N+](=O)[O-])cc1[N+](=O)[O-])\C2=C/C=C/C=C/C1C=CC=C1. The second-order valence-electron chi connectivity index (χ2n) is 9.63. The van der Waals surface area contributed by atoms with Gasteiger partial charge in [-0.1, -0.05) is 54.7 Å². The minimum atomic E-state index is -0.981. The minimum Gasteiger partial charge on any atom is -0.460 e. The molecule has 0 aliphatic heterocycles. The van der Waals surface area contributed by atoms with Crippen molar-refractivity contribution in [2.45, 2.75) is 0 Å². The Hall–Kier alpha value is -5.31. The number of hydrogen-bond acceptors (Lipinski definition) is 11. The quantitative estimate of drug-likeness (QED) is 0.0647. The molecule has 0 heterocycles. The fraction of sp³-hybridized carbons (Fsp3) is 0.258. The first-order valence-corrected chi connectivity index (χ1v) is 13.7. The number of nitro benzene ring substituents is 3. The molecular formula is C31H29N3O11. The molecule has 0 spiro atoms. The zero-order chi connectivity index (χ0) is 32.3. The lowest BCUT2D eigenvalue weighted by Gasteiger charge is -2.11. The van der Waals surface area contributed by atoms with Crippen LogP contribution in [0.25, 0.3) is 16.7 Å². The maximum Gasteiger partial charge on any atom is 0.339 e. The lowest BCUT2D eigenvalue weighted by molar-refractivity contribution is -0.393. The van der Waals surface area contributed by atoms with E-state index in [1.165, 1.54) is 12.1 Å². The van der Waals surface area contributed by atoms with E-state index in [-0.39, 0.29) is 65.7 Å². The summed E-state index contributed by atoms with van der Waals surface area (Å²) < 4.78 is 20.9. The smallest absolute Gasteiger partial charge is 0.339 e. The minimum absolute atomic E-state index is 0.00463. The van der Waals surface area contributed by atoms with E-state index >= 15 is 0 Å². The van der Waals surface area contributed by atoms with E-state index < -0.39 is 37.8 Å². The number of hydrogen-bond donors (Lipinski definition) is 0. The second-order valence-corrected chi connectivity index (χ2v) is 9.63. The van der Waals surface area contributed by atoms with Crippen LogP contribution >= 0.6 is 0 Å². The molecule has 4 rings (SSSR count). The molecule has 2 aromatic rings. The molecule has 234 valence electrons. The number of non-ortho nitro benzene ring substituents is 2. The van der Waals surface area contributed by atoms with Gasteiger partial charge >= 0.3 is 5.97 Å². The molecule has 2 aromatic carbocycles. The third kappa shape index (κ3) is 8.00. The molecule has 0 amide bonds. The Morgan fingerprint density at radius 3 is 1.98 bits per heavy atom. The molecule has 2 aliphatic carbocycles. The number of carbonyl (C=O) groups excluding carboxylic acids is 1. The van der Waals surface area contributed by atoms with Crippen LogP contribution in [0.4, 0.5) is 17.1 Å². The van der Waals surface area contributed by atoms with Crippen molar-refractivity contribution >= 4 is 28.6 Å². The summed E-state index contributed by atoms with van der Waals surface area (Å²) in [6.07, 6.45) is 16.3. The van der Waals surface area contributed by atoms with Crippen molar-refractivity contribution in [3.8, 4) is 11.1 Å². The lowest BCUT2D eigenvalue weighted by Crippen LogP contribution is -2.15. The van der Waals surface area contributed by atoms with E-state index in [1.54, 1.807) is 25.3 Å². The van der Waals surface area contributed by atoms with Crippen LogP contribution in [0.5, 0.6) is 0 Å². The van der Waals surface area contributed by atoms with Crippen LogP contribution in [0, 0.1) is 36.3 Å². The summed E-state index contributed by atoms with van der Waals surface area (Å²) in [6, 6.07) is 4.10. The molecule has 14 heteroatoms. The normalized spacial score (nSPS) is 14.5. The van der Waals surface area contributed by atoms with Crippen molar-refractivity contribution in [3.63, 3.8) is 0 Å². The summed E-state index contributed by atoms with van der Waals surface area (Å²) in [5.41, 5.74) is -1.60. The third-order valence-corrected chi connectivity index (χ3v) is 6.75. The highest BCUT2D eigenvalue weighted by Crippen LogP contribution is 2.52. The van der Waals surface area contributed by atoms with E-state index in [0.29, 0.717) is 13.2 Å². The van der Waals surface area contributed by atoms with Gasteiger partial charge in [-0.2, -0.15) is 0 Å². The molecule has 0 N–H and O–H groups in total. The Bertz CT molecular complexity index is 1630. The number of nitro groups is 3. The van der Waals surface area contributed by atoms with E-state index in [2.05, 4.69) is 0 Å². The first kappa shape index (κ1) is 32.6. The lowest BCUT2D eigenvalue weighted by atomic mass is 9.97. The van der Waals surface area contributed by atoms with Gasteiger partial charge in [-0.15, -0.1) is 0 Å². The highest BCUT2D eigenvalue weighted by Gasteiger charge is 2.38. The van der Waals surface area contributed by atoms with E-state index in [1.807, 2.05) is 30.4 Å². The standard InChI is InChI=1S/C31H29N3O11/c1-42-11-12-43-13-14-44-15-16-45-31(35)27-19-22(32(36)37)17-25-24(10-4-2-3-7-21-8-5-6-9-21)26-18-23(33(38)39)20-28(34(40)41)30(26)29(25)27/h2-10,17-21H,11-16H2,1H3/b4-2+,7-3+,24-10-. The molecule has 0 saturated heterocycles. The Kier molecular flexibility index (Phi) is 11.2. The van der Waals surface area contributed by atoms with Gasteiger partial charge in [0.15, 0.2) is 0 Å². The summed E-state index contributed by atoms with van der Waals surface area (Å²) in [4.78, 5) is 46.8. The fourth-order valence-corrected chi connectivity index (χ4v) is 4.76. The molecule has 2 aliphatic rings. The predicted molar refractivity (Wildman–Crippen MR) is 163 cm³/mol. The van der Waals surface area contributed by atoms with Crippen LogP contribution in [0.3, 0.4) is 0 Å². The van der Waals surface area contributed by atoms with E-state index in [0.717, 1.165) is 18.2 Å². The number of methoxy groups -OCH3 is 1. The van der Waals surface area contributed by atoms with Gasteiger partial charge in [-0.3, -0.25) is 30.3 Å². The zero-order valence-electron chi connectivity index (χ0n) is 24.2. The third-order valence-electron chi connectivity index (χ3n) is 6.75. The maximum atomic E-state index is 13.3. The number of carbonyl (C=O) groups is 1. The maximum absolute atomic E-state index is 13.3. The molecule has 0 bridgehead atoms. The molecule has 14 nitrogen and oxygen atoms in total. The fourth-order valence-electron chi connectivity index (χ4n) is 4.76. The van der Waals surface area contributed by atoms with Crippen molar-refractivity contribution in [2.24, 2.45) is 5.92 Å². The second kappa shape index (κ2) is 15.4. The monoisotopic (exact) mass is 619 g/mol. The van der Waals surface area contributed by atoms with Crippen LogP contribution < -0.4 is 0 Å². The zero-order valence-corrected chi connectivity index (χ0v) is 24.2. The van der Waals surface area contributed by atoms with Gasteiger partial charge < -0.3 is 18.9 Å². The van der Waals surface area contributed by atoms with Crippen LogP contribution in [-0.4, -0.2) is 67.5 Å². The number of benzene rings is 2. The predicted octanol–water partition coefficient (Wildman–Crippen LogP) is 5.51. The van der Waals surface area contributed by atoms with Gasteiger partial charge in [0, 0.05) is 42.4 Å². The Morgan fingerprint density at radius 1 is 0.756 bits per heavy atom. The van der Waals surface area contributed by atoms with Crippen molar-refractivity contribution < 1.29 is 38.5 Å².